The number of hydrogen-bond acceptors (Lipinski definition) is 4. The van der Waals surface area contributed by atoms with Gasteiger partial charge >= 0.3 is 0 Å². The number of hydrogen-bond donors (Lipinski definition) is 3. The average molecular weight is 311 g/mol. The lowest BCUT2D eigenvalue weighted by Crippen LogP contribution is -2.25. The predicted molar refractivity (Wildman–Crippen MR) is 80.2 cm³/mol. The third-order valence-electron chi connectivity index (χ3n) is 3.19. The molecule has 2 heterocycles. The summed E-state index contributed by atoms with van der Waals surface area (Å²) in [4.78, 5) is 3.05. The quantitative estimate of drug-likeness (QED) is 0.653. The Morgan fingerprint density at radius 2 is 2.14 bits per heavy atom. The largest absolute Gasteiger partial charge is 0.363 e. The normalized spacial score (nSPS) is 12.0. The van der Waals surface area contributed by atoms with Gasteiger partial charge in [-0.05, 0) is 32.4 Å². The molecule has 4 N–H and O–H groups in total. The minimum Gasteiger partial charge on any atom is -0.363 e. The van der Waals surface area contributed by atoms with Crippen molar-refractivity contribution < 1.29 is 8.42 Å². The van der Waals surface area contributed by atoms with E-state index < -0.39 is 10.0 Å². The van der Waals surface area contributed by atoms with Gasteiger partial charge in [-0.3, -0.25) is 4.68 Å². The van der Waals surface area contributed by atoms with Crippen molar-refractivity contribution in [2.45, 2.75) is 38.3 Å². The van der Waals surface area contributed by atoms with Gasteiger partial charge in [0, 0.05) is 37.2 Å². The van der Waals surface area contributed by atoms with Gasteiger partial charge in [-0.25, -0.2) is 13.1 Å². The van der Waals surface area contributed by atoms with Gasteiger partial charge in [0.1, 0.15) is 0 Å². The van der Waals surface area contributed by atoms with Crippen molar-refractivity contribution in [3.05, 3.63) is 35.4 Å². The van der Waals surface area contributed by atoms with E-state index in [0.717, 1.165) is 11.4 Å². The van der Waals surface area contributed by atoms with Crippen LogP contribution in [0, 0.1) is 13.8 Å². The molecule has 0 aromatic carbocycles. The predicted octanol–water partition coefficient (Wildman–Crippen LogP) is 0.655. The van der Waals surface area contributed by atoms with Crippen LogP contribution in [0.25, 0.3) is 0 Å². The molecule has 0 bridgehead atoms. The fourth-order valence-corrected chi connectivity index (χ4v) is 3.20. The van der Waals surface area contributed by atoms with Crippen LogP contribution >= 0.6 is 0 Å². The van der Waals surface area contributed by atoms with E-state index in [9.17, 15) is 8.42 Å². The molecule has 116 valence electrons. The van der Waals surface area contributed by atoms with Crippen LogP contribution in [0.4, 0.5) is 0 Å². The first-order chi connectivity index (χ1) is 9.92. The molecule has 8 heteroatoms. The van der Waals surface area contributed by atoms with E-state index in [1.54, 1.807) is 6.07 Å². The second kappa shape index (κ2) is 6.42. The molecule has 0 amide bonds. The Morgan fingerprint density at radius 3 is 2.71 bits per heavy atom. The summed E-state index contributed by atoms with van der Waals surface area (Å²) >= 11 is 0. The molecule has 7 nitrogen and oxygen atoms in total. The van der Waals surface area contributed by atoms with E-state index in [4.69, 9.17) is 5.73 Å². The van der Waals surface area contributed by atoms with Crippen molar-refractivity contribution in [2.24, 2.45) is 5.73 Å². The second-order valence-electron chi connectivity index (χ2n) is 4.97. The first-order valence-electron chi connectivity index (χ1n) is 6.80. The Balaban J connectivity index is 1.86. The summed E-state index contributed by atoms with van der Waals surface area (Å²) in [6.07, 6.45) is 2.13. The fraction of sp³-hybridized carbons (Fsp3) is 0.462. The molecule has 0 spiro atoms. The maximum atomic E-state index is 12.0. The Hall–Kier alpha value is -1.64. The Kier molecular flexibility index (Phi) is 4.81. The number of nitrogens with zero attached hydrogens (tertiary/aromatic N) is 2. The SMILES string of the molecule is Cc1cc(C)n(CCCNS(=O)(=O)c2c[nH]c(CN)c2)n1. The van der Waals surface area contributed by atoms with Gasteiger partial charge in [-0.1, -0.05) is 0 Å². The molecule has 2 aromatic rings. The number of rotatable bonds is 7. The monoisotopic (exact) mass is 311 g/mol. The van der Waals surface area contributed by atoms with E-state index in [0.29, 0.717) is 25.2 Å². The molecule has 2 rings (SSSR count). The van der Waals surface area contributed by atoms with Crippen LogP contribution in [0.2, 0.25) is 0 Å². The van der Waals surface area contributed by atoms with Crippen molar-refractivity contribution in [3.63, 3.8) is 0 Å². The zero-order chi connectivity index (χ0) is 15.5. The van der Waals surface area contributed by atoms with E-state index in [2.05, 4.69) is 14.8 Å². The Bertz CT molecular complexity index is 702. The van der Waals surface area contributed by atoms with E-state index in [-0.39, 0.29) is 11.4 Å². The number of aryl methyl sites for hydroxylation is 3. The molecule has 0 saturated heterocycles. The molecule has 21 heavy (non-hydrogen) atoms. The highest BCUT2D eigenvalue weighted by Crippen LogP contribution is 2.10. The molecule has 0 fully saturated rings. The third kappa shape index (κ3) is 3.93. The summed E-state index contributed by atoms with van der Waals surface area (Å²) in [6, 6.07) is 3.54. The standard InChI is InChI=1S/C13H21N5O2S/c1-10-6-11(2)18(17-10)5-3-4-16-21(19,20)13-7-12(8-14)15-9-13/h6-7,9,15-16H,3-5,8,14H2,1-2H3. The van der Waals surface area contributed by atoms with Crippen LogP contribution in [0.1, 0.15) is 23.5 Å². The molecule has 2 aromatic heterocycles. The lowest BCUT2D eigenvalue weighted by atomic mass is 10.4. The van der Waals surface area contributed by atoms with Gasteiger partial charge in [0.2, 0.25) is 10.0 Å². The molecule has 0 atom stereocenters. The van der Waals surface area contributed by atoms with Gasteiger partial charge in [-0.15, -0.1) is 0 Å². The highest BCUT2D eigenvalue weighted by atomic mass is 32.2. The number of nitrogens with one attached hydrogen (secondary N) is 2. The molecule has 0 radical (unpaired) electrons. The lowest BCUT2D eigenvalue weighted by molar-refractivity contribution is 0.544. The molecule has 0 aliphatic rings. The van der Waals surface area contributed by atoms with Gasteiger partial charge in [0.15, 0.2) is 0 Å². The van der Waals surface area contributed by atoms with Crippen molar-refractivity contribution >= 4 is 10.0 Å². The van der Waals surface area contributed by atoms with E-state index in [1.807, 2.05) is 24.6 Å². The number of aromatic nitrogens is 3. The topological polar surface area (TPSA) is 106 Å². The zero-order valence-electron chi connectivity index (χ0n) is 12.3. The third-order valence-corrected chi connectivity index (χ3v) is 4.63. The smallest absolute Gasteiger partial charge is 0.242 e. The molecular formula is C13H21N5O2S. The fourth-order valence-electron chi connectivity index (χ4n) is 2.11. The van der Waals surface area contributed by atoms with Gasteiger partial charge in [-0.2, -0.15) is 5.10 Å². The number of sulfonamides is 1. The van der Waals surface area contributed by atoms with Gasteiger partial charge in [0.05, 0.1) is 10.6 Å². The summed E-state index contributed by atoms with van der Waals surface area (Å²) in [5.74, 6) is 0. The number of aromatic amines is 1. The van der Waals surface area contributed by atoms with Crippen LogP contribution in [0.5, 0.6) is 0 Å². The average Bonchev–Trinajstić information content (AvgIpc) is 3.02. The van der Waals surface area contributed by atoms with Crippen LogP contribution in [-0.4, -0.2) is 29.7 Å². The molecule has 0 saturated carbocycles. The van der Waals surface area contributed by atoms with Crippen LogP contribution in [0.15, 0.2) is 23.2 Å². The Morgan fingerprint density at radius 1 is 1.38 bits per heavy atom. The van der Waals surface area contributed by atoms with Crippen LogP contribution < -0.4 is 10.5 Å². The van der Waals surface area contributed by atoms with Crippen molar-refractivity contribution in [1.82, 2.24) is 19.5 Å². The minimum atomic E-state index is -3.48. The van der Waals surface area contributed by atoms with Crippen LogP contribution in [0.3, 0.4) is 0 Å². The lowest BCUT2D eigenvalue weighted by Gasteiger charge is -2.06. The summed E-state index contributed by atoms with van der Waals surface area (Å²) in [7, 11) is -3.48. The minimum absolute atomic E-state index is 0.217. The first-order valence-corrected chi connectivity index (χ1v) is 8.29. The van der Waals surface area contributed by atoms with E-state index >= 15 is 0 Å². The molecule has 0 unspecified atom stereocenters. The summed E-state index contributed by atoms with van der Waals surface area (Å²) in [5, 5.41) is 4.34. The maximum Gasteiger partial charge on any atom is 0.242 e. The highest BCUT2D eigenvalue weighted by molar-refractivity contribution is 7.89. The van der Waals surface area contributed by atoms with E-state index in [1.165, 1.54) is 6.20 Å². The highest BCUT2D eigenvalue weighted by Gasteiger charge is 2.15. The molecule has 0 aliphatic heterocycles. The van der Waals surface area contributed by atoms with Crippen molar-refractivity contribution in [2.75, 3.05) is 6.54 Å². The van der Waals surface area contributed by atoms with Crippen molar-refractivity contribution in [1.29, 1.82) is 0 Å². The maximum absolute atomic E-state index is 12.0. The summed E-state index contributed by atoms with van der Waals surface area (Å²) in [5.41, 5.74) is 8.19. The van der Waals surface area contributed by atoms with Gasteiger partial charge < -0.3 is 10.7 Å². The van der Waals surface area contributed by atoms with Crippen molar-refractivity contribution in [3.8, 4) is 0 Å². The summed E-state index contributed by atoms with van der Waals surface area (Å²) in [6.45, 7) is 5.26. The number of nitrogens with two attached hydrogens (primary N) is 1. The van der Waals surface area contributed by atoms with Crippen LogP contribution in [-0.2, 0) is 23.1 Å². The molecule has 0 aliphatic carbocycles. The second-order valence-corrected chi connectivity index (χ2v) is 6.73. The number of H-pyrrole nitrogens is 1. The zero-order valence-corrected chi connectivity index (χ0v) is 13.1. The summed E-state index contributed by atoms with van der Waals surface area (Å²) < 4.78 is 28.6. The Labute approximate surface area is 124 Å². The van der Waals surface area contributed by atoms with Gasteiger partial charge in [0.25, 0.3) is 0 Å². The molecular weight excluding hydrogens is 290 g/mol. The first kappa shape index (κ1) is 15.7.